The number of allylic oxidation sites excluding steroid dienone is 1. The third kappa shape index (κ3) is 3.35. The first-order chi connectivity index (χ1) is 8.70. The van der Waals surface area contributed by atoms with Gasteiger partial charge in [-0.25, -0.2) is 0 Å². The lowest BCUT2D eigenvalue weighted by atomic mass is 9.84. The van der Waals surface area contributed by atoms with E-state index in [4.69, 9.17) is 0 Å². The number of rotatable bonds is 3. The third-order valence-electron chi connectivity index (χ3n) is 4.32. The molecule has 0 radical (unpaired) electrons. The minimum atomic E-state index is 0.355. The van der Waals surface area contributed by atoms with Crippen LogP contribution >= 0.6 is 0 Å². The Morgan fingerprint density at radius 1 is 1.17 bits per heavy atom. The highest BCUT2D eigenvalue weighted by molar-refractivity contribution is 5.79. The molecule has 2 rings (SSSR count). The molecule has 0 N–H and O–H groups in total. The second kappa shape index (κ2) is 6.37. The van der Waals surface area contributed by atoms with E-state index in [0.717, 1.165) is 52.0 Å². The first-order valence-electron chi connectivity index (χ1n) is 7.33. The van der Waals surface area contributed by atoms with Gasteiger partial charge in [-0.1, -0.05) is 18.1 Å². The molecule has 1 aliphatic heterocycles. The fraction of sp³-hybridized carbons (Fsp3) is 0.800. The summed E-state index contributed by atoms with van der Waals surface area (Å²) in [7, 11) is 0. The van der Waals surface area contributed by atoms with Crippen LogP contribution in [0.3, 0.4) is 0 Å². The first kappa shape index (κ1) is 13.6. The van der Waals surface area contributed by atoms with Gasteiger partial charge in [0, 0.05) is 38.6 Å². The highest BCUT2D eigenvalue weighted by Crippen LogP contribution is 2.28. The highest BCUT2D eigenvalue weighted by Gasteiger charge is 2.30. The second-order valence-electron chi connectivity index (χ2n) is 5.72. The summed E-state index contributed by atoms with van der Waals surface area (Å²) in [5.41, 5.74) is 1.42. The van der Waals surface area contributed by atoms with Crippen molar-refractivity contribution in [2.75, 3.05) is 32.7 Å². The van der Waals surface area contributed by atoms with Gasteiger partial charge < -0.3 is 4.90 Å². The van der Waals surface area contributed by atoms with Crippen LogP contribution in [0.1, 0.15) is 39.5 Å². The van der Waals surface area contributed by atoms with Crippen LogP contribution in [0, 0.1) is 5.92 Å². The zero-order valence-corrected chi connectivity index (χ0v) is 11.8. The van der Waals surface area contributed by atoms with E-state index in [1.54, 1.807) is 0 Å². The van der Waals surface area contributed by atoms with Gasteiger partial charge in [-0.2, -0.15) is 0 Å². The smallest absolute Gasteiger partial charge is 0.225 e. The number of carbonyl (C=O) groups is 1. The number of carbonyl (C=O) groups excluding carboxylic acids is 1. The van der Waals surface area contributed by atoms with E-state index in [2.05, 4.69) is 29.7 Å². The fourth-order valence-corrected chi connectivity index (χ4v) is 2.71. The Morgan fingerprint density at radius 3 is 2.56 bits per heavy atom. The summed E-state index contributed by atoms with van der Waals surface area (Å²) in [6.45, 7) is 9.38. The van der Waals surface area contributed by atoms with E-state index in [-0.39, 0.29) is 0 Å². The van der Waals surface area contributed by atoms with Crippen LogP contribution in [0.25, 0.3) is 0 Å². The number of nitrogens with zero attached hydrogens (tertiary/aromatic N) is 2. The van der Waals surface area contributed by atoms with Crippen molar-refractivity contribution in [1.82, 2.24) is 9.80 Å². The SMILES string of the molecule is C/C=C(\C)CN1CCCN(C(=O)C2CCC2)CC1. The molecule has 1 heterocycles. The van der Waals surface area contributed by atoms with Gasteiger partial charge in [-0.15, -0.1) is 0 Å². The molecule has 0 aromatic rings. The molecule has 0 aromatic carbocycles. The Bertz CT molecular complexity index is 320. The zero-order valence-electron chi connectivity index (χ0n) is 11.8. The van der Waals surface area contributed by atoms with E-state index in [1.165, 1.54) is 12.0 Å². The lowest BCUT2D eigenvalue weighted by molar-refractivity contribution is -0.138. The topological polar surface area (TPSA) is 23.6 Å². The summed E-state index contributed by atoms with van der Waals surface area (Å²) >= 11 is 0. The van der Waals surface area contributed by atoms with Crippen molar-refractivity contribution in [2.24, 2.45) is 5.92 Å². The average molecular weight is 250 g/mol. The Kier molecular flexibility index (Phi) is 4.81. The summed E-state index contributed by atoms with van der Waals surface area (Å²) in [6.07, 6.45) is 6.79. The minimum Gasteiger partial charge on any atom is -0.341 e. The van der Waals surface area contributed by atoms with Gasteiger partial charge in [0.05, 0.1) is 0 Å². The van der Waals surface area contributed by atoms with Gasteiger partial charge in [0.25, 0.3) is 0 Å². The maximum absolute atomic E-state index is 12.2. The summed E-state index contributed by atoms with van der Waals surface area (Å²) in [6, 6.07) is 0. The van der Waals surface area contributed by atoms with Crippen LogP contribution in [-0.2, 0) is 4.79 Å². The van der Waals surface area contributed by atoms with Gasteiger partial charge in [0.15, 0.2) is 0 Å². The Labute approximate surface area is 111 Å². The average Bonchev–Trinajstić information content (AvgIpc) is 2.52. The molecular formula is C15H26N2O. The van der Waals surface area contributed by atoms with Crippen molar-refractivity contribution in [3.05, 3.63) is 11.6 Å². The van der Waals surface area contributed by atoms with E-state index in [1.807, 2.05) is 0 Å². The van der Waals surface area contributed by atoms with E-state index < -0.39 is 0 Å². The largest absolute Gasteiger partial charge is 0.341 e. The Morgan fingerprint density at radius 2 is 1.94 bits per heavy atom. The molecule has 1 saturated carbocycles. The molecular weight excluding hydrogens is 224 g/mol. The molecule has 1 amide bonds. The van der Waals surface area contributed by atoms with Crippen LogP contribution in [0.4, 0.5) is 0 Å². The molecule has 18 heavy (non-hydrogen) atoms. The van der Waals surface area contributed by atoms with Gasteiger partial charge in [0.2, 0.25) is 5.91 Å². The predicted octanol–water partition coefficient (Wildman–Crippen LogP) is 2.29. The monoisotopic (exact) mass is 250 g/mol. The molecule has 3 heteroatoms. The molecule has 0 spiro atoms. The van der Waals surface area contributed by atoms with E-state index in [9.17, 15) is 4.79 Å². The van der Waals surface area contributed by atoms with Gasteiger partial charge in [-0.05, 0) is 33.1 Å². The molecule has 2 fully saturated rings. The molecule has 102 valence electrons. The molecule has 2 aliphatic rings. The molecule has 1 aliphatic carbocycles. The normalized spacial score (nSPS) is 23.7. The Hall–Kier alpha value is -0.830. The fourth-order valence-electron chi connectivity index (χ4n) is 2.71. The maximum atomic E-state index is 12.2. The highest BCUT2D eigenvalue weighted by atomic mass is 16.2. The van der Waals surface area contributed by atoms with Crippen molar-refractivity contribution in [2.45, 2.75) is 39.5 Å². The van der Waals surface area contributed by atoms with Crippen molar-refractivity contribution in [3.8, 4) is 0 Å². The Balaban J connectivity index is 1.82. The molecule has 0 aromatic heterocycles. The minimum absolute atomic E-state index is 0.355. The van der Waals surface area contributed by atoms with Crippen LogP contribution < -0.4 is 0 Å². The molecule has 0 unspecified atom stereocenters. The lowest BCUT2D eigenvalue weighted by Crippen LogP contribution is -2.41. The van der Waals surface area contributed by atoms with Crippen LogP contribution in [0.15, 0.2) is 11.6 Å². The van der Waals surface area contributed by atoms with Crippen LogP contribution in [0.2, 0.25) is 0 Å². The van der Waals surface area contributed by atoms with Crippen molar-refractivity contribution in [1.29, 1.82) is 0 Å². The molecule has 1 saturated heterocycles. The van der Waals surface area contributed by atoms with Crippen molar-refractivity contribution < 1.29 is 4.79 Å². The van der Waals surface area contributed by atoms with Gasteiger partial charge in [0.1, 0.15) is 0 Å². The number of amides is 1. The molecule has 3 nitrogen and oxygen atoms in total. The summed E-state index contributed by atoms with van der Waals surface area (Å²) < 4.78 is 0. The van der Waals surface area contributed by atoms with Crippen molar-refractivity contribution >= 4 is 5.91 Å². The predicted molar refractivity (Wildman–Crippen MR) is 74.4 cm³/mol. The molecule has 0 bridgehead atoms. The number of hydrogen-bond donors (Lipinski definition) is 0. The van der Waals surface area contributed by atoms with Crippen molar-refractivity contribution in [3.63, 3.8) is 0 Å². The second-order valence-corrected chi connectivity index (χ2v) is 5.72. The van der Waals surface area contributed by atoms with E-state index in [0.29, 0.717) is 11.8 Å². The van der Waals surface area contributed by atoms with E-state index >= 15 is 0 Å². The quantitative estimate of drug-likeness (QED) is 0.718. The number of hydrogen-bond acceptors (Lipinski definition) is 2. The maximum Gasteiger partial charge on any atom is 0.225 e. The lowest BCUT2D eigenvalue weighted by Gasteiger charge is -2.31. The van der Waals surface area contributed by atoms with Gasteiger partial charge in [-0.3, -0.25) is 9.69 Å². The first-order valence-corrected chi connectivity index (χ1v) is 7.33. The summed E-state index contributed by atoms with van der Waals surface area (Å²) in [5, 5.41) is 0. The summed E-state index contributed by atoms with van der Waals surface area (Å²) in [4.78, 5) is 16.8. The van der Waals surface area contributed by atoms with Gasteiger partial charge >= 0.3 is 0 Å². The van der Waals surface area contributed by atoms with Crippen LogP contribution in [-0.4, -0.2) is 48.4 Å². The third-order valence-corrected chi connectivity index (χ3v) is 4.32. The standard InChI is InChI=1S/C15H26N2O/c1-3-13(2)12-16-8-5-9-17(11-10-16)15(18)14-6-4-7-14/h3,14H,4-12H2,1-2H3/b13-3+. The molecule has 0 atom stereocenters. The summed E-state index contributed by atoms with van der Waals surface area (Å²) in [5.74, 6) is 0.777. The van der Waals surface area contributed by atoms with Crippen LogP contribution in [0.5, 0.6) is 0 Å². The zero-order chi connectivity index (χ0) is 13.0.